The van der Waals surface area contributed by atoms with E-state index in [0.717, 1.165) is 19.5 Å². The number of ketones is 1. The van der Waals surface area contributed by atoms with Crippen molar-refractivity contribution < 1.29 is 14.7 Å². The predicted molar refractivity (Wildman–Crippen MR) is 76.6 cm³/mol. The van der Waals surface area contributed by atoms with E-state index in [1.165, 1.54) is 16.2 Å². The van der Waals surface area contributed by atoms with Crippen LogP contribution in [-0.4, -0.2) is 38.7 Å². The second kappa shape index (κ2) is 6.62. The molecule has 0 heterocycles. The summed E-state index contributed by atoms with van der Waals surface area (Å²) < 4.78 is 0. The molecule has 0 saturated heterocycles. The maximum Gasteiger partial charge on any atom is 0.189 e. The van der Waals surface area contributed by atoms with Crippen LogP contribution in [-0.2, 0) is 4.79 Å². The van der Waals surface area contributed by atoms with Crippen molar-refractivity contribution in [1.82, 2.24) is 0 Å². The first-order valence-corrected chi connectivity index (χ1v) is 7.09. The highest BCUT2D eigenvalue weighted by Crippen LogP contribution is 2.28. The summed E-state index contributed by atoms with van der Waals surface area (Å²) in [4.78, 5) is 16.8. The van der Waals surface area contributed by atoms with Crippen LogP contribution >= 0.6 is 0 Å². The molecule has 3 nitrogen and oxygen atoms in total. The summed E-state index contributed by atoms with van der Waals surface area (Å²) in [5.74, 6) is 0.719. The Hall–Kier alpha value is -1.48. The summed E-state index contributed by atoms with van der Waals surface area (Å²) in [6.45, 7) is 2.03. The Labute approximate surface area is 115 Å². The van der Waals surface area contributed by atoms with Gasteiger partial charge >= 0.3 is 0 Å². The lowest BCUT2D eigenvalue weighted by Gasteiger charge is -2.20. The van der Waals surface area contributed by atoms with E-state index in [2.05, 4.69) is 43.4 Å². The monoisotopic (exact) mass is 260 g/mol. The van der Waals surface area contributed by atoms with Crippen LogP contribution in [0.25, 0.3) is 0 Å². The Morgan fingerprint density at radius 3 is 2.63 bits per heavy atom. The molecule has 1 aromatic rings. The van der Waals surface area contributed by atoms with Gasteiger partial charge in [-0.1, -0.05) is 30.3 Å². The molecule has 0 spiro atoms. The molecular formula is C16H24N2O+2. The number of rotatable bonds is 4. The molecule has 1 atom stereocenters. The number of quaternary nitrogens is 1. The molecular weight excluding hydrogens is 236 g/mol. The van der Waals surface area contributed by atoms with Crippen LogP contribution in [0.2, 0.25) is 0 Å². The summed E-state index contributed by atoms with van der Waals surface area (Å²) in [6, 6.07) is 10.4. The van der Waals surface area contributed by atoms with Crippen molar-refractivity contribution in [3.05, 3.63) is 35.9 Å². The fourth-order valence-corrected chi connectivity index (χ4v) is 2.61. The molecule has 1 saturated carbocycles. The molecule has 0 unspecified atom stereocenters. The van der Waals surface area contributed by atoms with E-state index in [-0.39, 0.29) is 0 Å². The highest BCUT2D eigenvalue weighted by atomic mass is 16.1. The summed E-state index contributed by atoms with van der Waals surface area (Å²) in [5.41, 5.74) is 2.50. The summed E-state index contributed by atoms with van der Waals surface area (Å²) >= 11 is 0. The third kappa shape index (κ3) is 4.28. The van der Waals surface area contributed by atoms with E-state index in [0.29, 0.717) is 24.5 Å². The second-order valence-corrected chi connectivity index (χ2v) is 5.72. The van der Waals surface area contributed by atoms with Crippen molar-refractivity contribution in [3.8, 4) is 0 Å². The molecule has 102 valence electrons. The molecule has 0 amide bonds. The Bertz CT molecular complexity index is 451. The summed E-state index contributed by atoms with van der Waals surface area (Å²) in [7, 11) is 4.29. The number of Topliss-reactive ketones (excluding diaryl/α,β-unsaturated/α-hetero) is 1. The zero-order valence-electron chi connectivity index (χ0n) is 11.9. The largest absolute Gasteiger partial charge is 0.335 e. The minimum Gasteiger partial charge on any atom is -0.335 e. The van der Waals surface area contributed by atoms with Gasteiger partial charge in [0.15, 0.2) is 12.3 Å². The molecule has 0 aliphatic heterocycles. The summed E-state index contributed by atoms with van der Waals surface area (Å²) in [6.07, 6.45) is 2.30. The van der Waals surface area contributed by atoms with Gasteiger partial charge in [0.05, 0.1) is 20.5 Å². The van der Waals surface area contributed by atoms with Crippen molar-refractivity contribution in [1.29, 1.82) is 0 Å². The summed E-state index contributed by atoms with van der Waals surface area (Å²) in [5, 5.41) is 0. The van der Waals surface area contributed by atoms with Crippen LogP contribution in [0.1, 0.15) is 30.7 Å². The molecule has 1 aromatic carbocycles. The van der Waals surface area contributed by atoms with Gasteiger partial charge in [0.25, 0.3) is 0 Å². The van der Waals surface area contributed by atoms with Crippen LogP contribution < -0.4 is 9.89 Å². The Kier molecular flexibility index (Phi) is 4.86. The Morgan fingerprint density at radius 1 is 1.21 bits per heavy atom. The highest BCUT2D eigenvalue weighted by molar-refractivity contribution is 6.02. The van der Waals surface area contributed by atoms with Crippen molar-refractivity contribution >= 4 is 11.5 Å². The zero-order valence-corrected chi connectivity index (χ0v) is 11.9. The van der Waals surface area contributed by atoms with Crippen molar-refractivity contribution in [2.24, 2.45) is 0 Å². The number of hydrogen-bond donors (Lipinski definition) is 2. The van der Waals surface area contributed by atoms with Crippen LogP contribution in [0.3, 0.4) is 0 Å². The number of carbonyl (C=O) groups is 1. The SMILES string of the molecule is C[NH+](C)CC[NH+]=C1CC(=O)C[C@H](c2ccccc2)C1. The number of hydrogen-bond acceptors (Lipinski definition) is 1. The van der Waals surface area contributed by atoms with Crippen molar-refractivity contribution in [3.63, 3.8) is 0 Å². The van der Waals surface area contributed by atoms with E-state index in [9.17, 15) is 4.79 Å². The Morgan fingerprint density at radius 2 is 1.95 bits per heavy atom. The lowest BCUT2D eigenvalue weighted by Crippen LogP contribution is -3.08. The van der Waals surface area contributed by atoms with Crippen LogP contribution in [0.4, 0.5) is 0 Å². The fraction of sp³-hybridized carbons (Fsp3) is 0.500. The highest BCUT2D eigenvalue weighted by Gasteiger charge is 2.28. The maximum absolute atomic E-state index is 11.9. The van der Waals surface area contributed by atoms with Gasteiger partial charge in [-0.3, -0.25) is 4.79 Å². The molecule has 19 heavy (non-hydrogen) atoms. The predicted octanol–water partition coefficient (Wildman–Crippen LogP) is -0.811. The molecule has 0 aromatic heterocycles. The van der Waals surface area contributed by atoms with Gasteiger partial charge < -0.3 is 4.90 Å². The first-order valence-electron chi connectivity index (χ1n) is 7.09. The van der Waals surface area contributed by atoms with E-state index < -0.39 is 0 Å². The average molecular weight is 260 g/mol. The van der Waals surface area contributed by atoms with Gasteiger partial charge in [-0.05, 0) is 5.56 Å². The minimum atomic E-state index is 0.358. The van der Waals surface area contributed by atoms with Crippen LogP contribution in [0.5, 0.6) is 0 Å². The second-order valence-electron chi connectivity index (χ2n) is 5.72. The van der Waals surface area contributed by atoms with Gasteiger partial charge in [0, 0.05) is 18.8 Å². The number of benzene rings is 1. The lowest BCUT2D eigenvalue weighted by atomic mass is 9.82. The van der Waals surface area contributed by atoms with E-state index in [1.807, 2.05) is 6.07 Å². The molecule has 0 radical (unpaired) electrons. The molecule has 1 aliphatic carbocycles. The van der Waals surface area contributed by atoms with Crippen LogP contribution in [0.15, 0.2) is 30.3 Å². The van der Waals surface area contributed by atoms with E-state index >= 15 is 0 Å². The van der Waals surface area contributed by atoms with Gasteiger partial charge in [-0.25, -0.2) is 4.99 Å². The Balaban J connectivity index is 2.02. The first kappa shape index (κ1) is 13.9. The fourth-order valence-electron chi connectivity index (χ4n) is 2.61. The van der Waals surface area contributed by atoms with Gasteiger partial charge in [0.2, 0.25) is 0 Å². The topological polar surface area (TPSA) is 35.5 Å². The van der Waals surface area contributed by atoms with Gasteiger partial charge in [-0.2, -0.15) is 0 Å². The molecule has 1 aliphatic rings. The minimum absolute atomic E-state index is 0.358. The average Bonchev–Trinajstić information content (AvgIpc) is 2.39. The van der Waals surface area contributed by atoms with Crippen molar-refractivity contribution in [2.75, 3.05) is 27.2 Å². The quantitative estimate of drug-likeness (QED) is 0.730. The van der Waals surface area contributed by atoms with Crippen molar-refractivity contribution in [2.45, 2.75) is 25.2 Å². The number of nitrogens with one attached hydrogen (secondary N) is 2. The molecule has 0 bridgehead atoms. The zero-order chi connectivity index (χ0) is 13.7. The molecule has 2 N–H and O–H groups in total. The van der Waals surface area contributed by atoms with E-state index in [4.69, 9.17) is 0 Å². The smallest absolute Gasteiger partial charge is 0.189 e. The van der Waals surface area contributed by atoms with Crippen LogP contribution in [0, 0.1) is 0 Å². The third-order valence-corrected chi connectivity index (χ3v) is 3.65. The van der Waals surface area contributed by atoms with E-state index in [1.54, 1.807) is 0 Å². The third-order valence-electron chi connectivity index (χ3n) is 3.65. The maximum atomic E-state index is 11.9. The number of likely N-dealkylation sites (N-methyl/N-ethyl adjacent to an activating group) is 1. The van der Waals surface area contributed by atoms with Gasteiger partial charge in [-0.15, -0.1) is 0 Å². The molecule has 3 heteroatoms. The standard InChI is InChI=1S/C16H22N2O/c1-18(2)9-8-17-15-10-14(11-16(19)12-15)13-6-4-3-5-7-13/h3-7,14H,8-12H2,1-2H3/p+2/t14-/m1/s1. The first-order chi connectivity index (χ1) is 9.15. The molecule has 1 fully saturated rings. The lowest BCUT2D eigenvalue weighted by molar-refractivity contribution is -0.866. The normalized spacial score (nSPS) is 22.2. The molecule has 2 rings (SSSR count). The number of carbonyl (C=O) groups excluding carboxylic acids is 1. The van der Waals surface area contributed by atoms with Gasteiger partial charge in [0.1, 0.15) is 12.3 Å².